The van der Waals surface area contributed by atoms with Crippen LogP contribution in [0.2, 0.25) is 5.02 Å². The molecule has 1 aliphatic carbocycles. The summed E-state index contributed by atoms with van der Waals surface area (Å²) in [4.78, 5) is 25.1. The Balaban J connectivity index is 1.49. The number of carbonyl (C=O) groups excluding carboxylic acids is 1. The van der Waals surface area contributed by atoms with Crippen LogP contribution in [0.15, 0.2) is 50.9 Å². The van der Waals surface area contributed by atoms with Gasteiger partial charge in [0.2, 0.25) is 5.82 Å². The van der Waals surface area contributed by atoms with E-state index in [1.165, 1.54) is 6.07 Å². The number of aliphatic imine (C=N–C) groups is 1. The van der Waals surface area contributed by atoms with E-state index in [0.717, 1.165) is 62.8 Å². The SMILES string of the molecule is CCCCC1=NC2(CCCC2)C(=O)N1Cc1cnc(-c2ccccc2S(=O)(=O)Nc2noc(C)c2Cl)c(OCCC)c1. The molecule has 42 heavy (non-hydrogen) atoms. The molecule has 10 nitrogen and oxygen atoms in total. The third-order valence-electron chi connectivity index (χ3n) is 7.65. The van der Waals surface area contributed by atoms with Gasteiger partial charge in [-0.1, -0.05) is 68.1 Å². The van der Waals surface area contributed by atoms with Crippen LogP contribution in [-0.4, -0.2) is 47.3 Å². The molecule has 1 spiro atoms. The number of anilines is 1. The van der Waals surface area contributed by atoms with Crippen LogP contribution in [0.25, 0.3) is 11.3 Å². The van der Waals surface area contributed by atoms with Gasteiger partial charge in [0.1, 0.15) is 27.8 Å². The second-order valence-electron chi connectivity index (χ2n) is 10.8. The Morgan fingerprint density at radius 1 is 1.17 bits per heavy atom. The number of amides is 1. The highest BCUT2D eigenvalue weighted by molar-refractivity contribution is 7.92. The van der Waals surface area contributed by atoms with Crippen LogP contribution in [0.5, 0.6) is 5.75 Å². The third-order valence-corrected chi connectivity index (χ3v) is 9.49. The second-order valence-corrected chi connectivity index (χ2v) is 12.8. The highest BCUT2D eigenvalue weighted by Gasteiger charge is 2.49. The van der Waals surface area contributed by atoms with Crippen molar-refractivity contribution in [1.29, 1.82) is 0 Å². The Bertz CT molecular complexity index is 1600. The number of aromatic nitrogens is 2. The molecule has 0 saturated heterocycles. The molecule has 224 valence electrons. The normalized spacial score (nSPS) is 16.3. The summed E-state index contributed by atoms with van der Waals surface area (Å²) in [6.45, 7) is 6.44. The molecule has 0 radical (unpaired) electrons. The molecule has 1 amide bonds. The van der Waals surface area contributed by atoms with Crippen molar-refractivity contribution in [2.45, 2.75) is 89.1 Å². The summed E-state index contributed by atoms with van der Waals surface area (Å²) in [5.41, 5.74) is 0.881. The Morgan fingerprint density at radius 3 is 2.62 bits per heavy atom. The van der Waals surface area contributed by atoms with Crippen LogP contribution in [0.1, 0.15) is 76.5 Å². The van der Waals surface area contributed by atoms with E-state index < -0.39 is 15.6 Å². The average molecular weight is 614 g/mol. The summed E-state index contributed by atoms with van der Waals surface area (Å²) >= 11 is 6.16. The van der Waals surface area contributed by atoms with E-state index in [-0.39, 0.29) is 21.6 Å². The van der Waals surface area contributed by atoms with Crippen LogP contribution in [0.4, 0.5) is 5.82 Å². The van der Waals surface area contributed by atoms with Crippen LogP contribution in [0.3, 0.4) is 0 Å². The molecular formula is C30H36ClN5O5S. The van der Waals surface area contributed by atoms with E-state index in [4.69, 9.17) is 30.8 Å². The summed E-state index contributed by atoms with van der Waals surface area (Å²) in [5.74, 6) is 1.55. The largest absolute Gasteiger partial charge is 0.491 e. The van der Waals surface area contributed by atoms with E-state index >= 15 is 0 Å². The third kappa shape index (κ3) is 5.89. The predicted octanol–water partition coefficient (Wildman–Crippen LogP) is 6.53. The van der Waals surface area contributed by atoms with Crippen LogP contribution >= 0.6 is 11.6 Å². The number of rotatable bonds is 12. The predicted molar refractivity (Wildman–Crippen MR) is 161 cm³/mol. The lowest BCUT2D eigenvalue weighted by atomic mass is 9.98. The number of aryl methyl sites for hydroxylation is 1. The quantitative estimate of drug-likeness (QED) is 0.246. The van der Waals surface area contributed by atoms with Gasteiger partial charge in [-0.2, -0.15) is 0 Å². The average Bonchev–Trinajstić information content (AvgIpc) is 3.66. The topological polar surface area (TPSA) is 127 Å². The molecule has 0 unspecified atom stereocenters. The summed E-state index contributed by atoms with van der Waals surface area (Å²) in [7, 11) is -4.12. The number of unbranched alkanes of at least 4 members (excludes halogenated alkanes) is 1. The Kier molecular flexibility index (Phi) is 8.89. The fraction of sp³-hybridized carbons (Fsp3) is 0.467. The van der Waals surface area contributed by atoms with E-state index in [9.17, 15) is 13.2 Å². The molecule has 1 aliphatic heterocycles. The highest BCUT2D eigenvalue weighted by atomic mass is 35.5. The van der Waals surface area contributed by atoms with Gasteiger partial charge in [0.05, 0.1) is 18.0 Å². The van der Waals surface area contributed by atoms with Gasteiger partial charge in [-0.15, -0.1) is 0 Å². The number of hydrogen-bond donors (Lipinski definition) is 1. The van der Waals surface area contributed by atoms with Crippen LogP contribution < -0.4 is 9.46 Å². The lowest BCUT2D eigenvalue weighted by Crippen LogP contribution is -2.40. The number of sulfonamides is 1. The van der Waals surface area contributed by atoms with E-state index in [0.29, 0.717) is 35.9 Å². The minimum Gasteiger partial charge on any atom is -0.491 e. The number of nitrogens with zero attached hydrogens (tertiary/aromatic N) is 4. The summed E-state index contributed by atoms with van der Waals surface area (Å²) in [6.07, 6.45) is 8.74. The highest BCUT2D eigenvalue weighted by Crippen LogP contribution is 2.41. The van der Waals surface area contributed by atoms with Gasteiger partial charge >= 0.3 is 0 Å². The maximum atomic E-state index is 13.6. The summed E-state index contributed by atoms with van der Waals surface area (Å²) in [5, 5.41) is 3.81. The number of benzene rings is 1. The Hall–Kier alpha value is -3.44. The maximum Gasteiger partial charge on any atom is 0.263 e. The first kappa shape index (κ1) is 30.0. The molecule has 2 aliphatic rings. The number of carbonyl (C=O) groups is 1. The van der Waals surface area contributed by atoms with E-state index in [1.54, 1.807) is 31.3 Å². The molecule has 5 rings (SSSR count). The standard InChI is InChI=1S/C30H36ClN5O5S/c1-4-6-13-25-33-30(14-9-10-15-30)29(37)36(25)19-21-17-23(40-16-5-2)27(32-18-21)22-11-7-8-12-24(22)42(38,39)35-28-26(31)20(3)41-34-28/h7-8,11-12,17-18H,4-6,9-10,13-16,19H2,1-3H3,(H,34,35). The summed E-state index contributed by atoms with van der Waals surface area (Å²) < 4.78 is 40.5. The molecule has 0 atom stereocenters. The molecule has 1 fully saturated rings. The lowest BCUT2D eigenvalue weighted by Gasteiger charge is -2.23. The van der Waals surface area contributed by atoms with Crippen LogP contribution in [-0.2, 0) is 21.4 Å². The fourth-order valence-corrected chi connectivity index (χ4v) is 6.87. The van der Waals surface area contributed by atoms with Gasteiger partial charge in [-0.05, 0) is 50.3 Å². The van der Waals surface area contributed by atoms with Crippen molar-refractivity contribution < 1.29 is 22.5 Å². The van der Waals surface area contributed by atoms with Gasteiger partial charge in [-0.25, -0.2) is 8.42 Å². The minimum absolute atomic E-state index is 0.0183. The van der Waals surface area contributed by atoms with Crippen LogP contribution in [0, 0.1) is 6.92 Å². The van der Waals surface area contributed by atoms with Gasteiger partial charge in [-0.3, -0.25) is 24.4 Å². The Labute approximate surface area is 251 Å². The Morgan fingerprint density at radius 2 is 1.93 bits per heavy atom. The van der Waals surface area contributed by atoms with Crippen molar-refractivity contribution in [2.24, 2.45) is 4.99 Å². The van der Waals surface area contributed by atoms with Gasteiger partial charge in [0.15, 0.2) is 5.76 Å². The molecule has 0 bridgehead atoms. The molecule has 3 heterocycles. The van der Waals surface area contributed by atoms with Crippen molar-refractivity contribution in [2.75, 3.05) is 11.3 Å². The zero-order valence-electron chi connectivity index (χ0n) is 24.2. The molecule has 12 heteroatoms. The molecule has 1 saturated carbocycles. The molecule has 1 N–H and O–H groups in total. The number of pyridine rings is 1. The molecular weight excluding hydrogens is 578 g/mol. The zero-order valence-corrected chi connectivity index (χ0v) is 25.7. The maximum absolute atomic E-state index is 13.6. The lowest BCUT2D eigenvalue weighted by molar-refractivity contribution is -0.131. The molecule has 2 aromatic heterocycles. The first-order chi connectivity index (χ1) is 20.2. The van der Waals surface area contributed by atoms with Gasteiger partial charge in [0, 0.05) is 18.2 Å². The van der Waals surface area contributed by atoms with Gasteiger partial charge < -0.3 is 9.26 Å². The van der Waals surface area contributed by atoms with Gasteiger partial charge in [0.25, 0.3) is 15.9 Å². The first-order valence-electron chi connectivity index (χ1n) is 14.5. The number of nitrogens with one attached hydrogen (secondary N) is 1. The van der Waals surface area contributed by atoms with Crippen molar-refractivity contribution in [1.82, 2.24) is 15.0 Å². The molecule has 1 aromatic carbocycles. The van der Waals surface area contributed by atoms with Crippen molar-refractivity contribution in [3.63, 3.8) is 0 Å². The number of ether oxygens (including phenoxy) is 1. The van der Waals surface area contributed by atoms with E-state index in [1.807, 2.05) is 17.9 Å². The molecule has 3 aromatic rings. The van der Waals surface area contributed by atoms with E-state index in [2.05, 4.69) is 16.8 Å². The summed E-state index contributed by atoms with van der Waals surface area (Å²) in [6, 6.07) is 8.37. The minimum atomic E-state index is -4.12. The van der Waals surface area contributed by atoms with Crippen molar-refractivity contribution >= 4 is 39.2 Å². The van der Waals surface area contributed by atoms with Crippen molar-refractivity contribution in [3.8, 4) is 17.0 Å². The second kappa shape index (κ2) is 12.4. The monoisotopic (exact) mass is 613 g/mol. The zero-order chi connectivity index (χ0) is 29.9. The number of amidine groups is 1. The smallest absolute Gasteiger partial charge is 0.263 e. The van der Waals surface area contributed by atoms with Crippen molar-refractivity contribution in [3.05, 3.63) is 52.9 Å². The first-order valence-corrected chi connectivity index (χ1v) is 16.3. The number of halogens is 1. The number of hydrogen-bond acceptors (Lipinski definition) is 8. The fourth-order valence-electron chi connectivity index (χ4n) is 5.48.